The summed E-state index contributed by atoms with van der Waals surface area (Å²) < 4.78 is 27.4. The second kappa shape index (κ2) is 5.33. The van der Waals surface area contributed by atoms with Gasteiger partial charge in [-0.25, -0.2) is 13.1 Å². The highest BCUT2D eigenvalue weighted by Crippen LogP contribution is 2.31. The summed E-state index contributed by atoms with van der Waals surface area (Å²) in [5.74, 6) is -0.0726. The summed E-state index contributed by atoms with van der Waals surface area (Å²) in [5.41, 5.74) is 7.35. The lowest BCUT2D eigenvalue weighted by molar-refractivity contribution is -0.116. The zero-order valence-corrected chi connectivity index (χ0v) is 13.4. The minimum absolute atomic E-state index is 0.0726. The summed E-state index contributed by atoms with van der Waals surface area (Å²) in [6.45, 7) is 2.35. The van der Waals surface area contributed by atoms with Gasteiger partial charge in [-0.05, 0) is 43.4 Å². The number of amides is 1. The standard InChI is InChI=1S/C15H21N3O3S/c1-11(19)18-8-5-12-3-4-13(9-14(12)18)22(20,21)17-10-15(16)6-2-7-15/h3-4,9,17H,2,5-8,10,16H2,1H3. The van der Waals surface area contributed by atoms with Crippen LogP contribution in [0.1, 0.15) is 31.7 Å². The lowest BCUT2D eigenvalue weighted by atomic mass is 9.78. The molecule has 0 unspecified atom stereocenters. The number of carbonyl (C=O) groups is 1. The Bertz CT molecular complexity index is 711. The number of nitrogens with zero attached hydrogens (tertiary/aromatic N) is 1. The third-order valence-corrected chi connectivity index (χ3v) is 6.01. The summed E-state index contributed by atoms with van der Waals surface area (Å²) >= 11 is 0. The van der Waals surface area contributed by atoms with Crippen LogP contribution in [-0.2, 0) is 21.2 Å². The van der Waals surface area contributed by atoms with Crippen LogP contribution in [0, 0.1) is 0 Å². The number of hydrogen-bond acceptors (Lipinski definition) is 4. The molecule has 1 heterocycles. The topological polar surface area (TPSA) is 92.5 Å². The second-order valence-corrected chi connectivity index (χ2v) is 8.02. The Morgan fingerprint density at radius 1 is 1.41 bits per heavy atom. The third-order valence-electron chi connectivity index (χ3n) is 4.61. The fourth-order valence-corrected chi connectivity index (χ4v) is 4.14. The van der Waals surface area contributed by atoms with E-state index in [1.165, 1.54) is 6.92 Å². The predicted octanol–water partition coefficient (Wildman–Crippen LogP) is 0.755. The van der Waals surface area contributed by atoms with Crippen LogP contribution in [0.3, 0.4) is 0 Å². The molecule has 1 aromatic rings. The van der Waals surface area contributed by atoms with E-state index in [9.17, 15) is 13.2 Å². The van der Waals surface area contributed by atoms with Crippen LogP contribution in [-0.4, -0.2) is 33.0 Å². The molecule has 1 aliphatic carbocycles. The van der Waals surface area contributed by atoms with Crippen LogP contribution in [0.5, 0.6) is 0 Å². The molecule has 2 aliphatic rings. The first-order valence-corrected chi connectivity index (χ1v) is 8.99. The first kappa shape index (κ1) is 15.5. The smallest absolute Gasteiger partial charge is 0.240 e. The highest BCUT2D eigenvalue weighted by molar-refractivity contribution is 7.89. The van der Waals surface area contributed by atoms with Crippen LogP contribution >= 0.6 is 0 Å². The quantitative estimate of drug-likeness (QED) is 0.855. The molecule has 22 heavy (non-hydrogen) atoms. The number of hydrogen-bond donors (Lipinski definition) is 2. The molecule has 6 nitrogen and oxygen atoms in total. The average Bonchev–Trinajstić information content (AvgIpc) is 2.86. The molecular weight excluding hydrogens is 302 g/mol. The number of nitrogens with one attached hydrogen (secondary N) is 1. The van der Waals surface area contributed by atoms with Gasteiger partial charge in [0.2, 0.25) is 15.9 Å². The van der Waals surface area contributed by atoms with Crippen LogP contribution in [0.2, 0.25) is 0 Å². The molecule has 3 rings (SSSR count). The van der Waals surface area contributed by atoms with Crippen molar-refractivity contribution in [2.75, 3.05) is 18.0 Å². The van der Waals surface area contributed by atoms with Crippen LogP contribution in [0.25, 0.3) is 0 Å². The number of fused-ring (bicyclic) bond motifs is 1. The zero-order chi connectivity index (χ0) is 16.0. The summed E-state index contributed by atoms with van der Waals surface area (Å²) in [5, 5.41) is 0. The molecule has 1 aromatic carbocycles. The average molecular weight is 323 g/mol. The van der Waals surface area contributed by atoms with Crippen LogP contribution < -0.4 is 15.4 Å². The zero-order valence-electron chi connectivity index (χ0n) is 12.6. The molecule has 0 atom stereocenters. The predicted molar refractivity (Wildman–Crippen MR) is 84.1 cm³/mol. The van der Waals surface area contributed by atoms with E-state index in [4.69, 9.17) is 5.73 Å². The Labute approximate surface area is 130 Å². The molecule has 120 valence electrons. The number of nitrogens with two attached hydrogens (primary N) is 1. The van der Waals surface area contributed by atoms with Gasteiger partial charge in [-0.15, -0.1) is 0 Å². The second-order valence-electron chi connectivity index (χ2n) is 6.25. The molecule has 1 saturated carbocycles. The molecule has 3 N–H and O–H groups in total. The minimum Gasteiger partial charge on any atom is -0.324 e. The Morgan fingerprint density at radius 3 is 2.73 bits per heavy atom. The first-order valence-electron chi connectivity index (χ1n) is 7.50. The first-order chi connectivity index (χ1) is 10.3. The van der Waals surface area contributed by atoms with Gasteiger partial charge in [0.25, 0.3) is 0 Å². The Morgan fingerprint density at radius 2 is 2.14 bits per heavy atom. The van der Waals surface area contributed by atoms with E-state index < -0.39 is 15.6 Å². The Hall–Kier alpha value is -1.44. The summed E-state index contributed by atoms with van der Waals surface area (Å²) in [6, 6.07) is 4.96. The fourth-order valence-electron chi connectivity index (χ4n) is 2.98. The van der Waals surface area contributed by atoms with Gasteiger partial charge in [0.05, 0.1) is 4.90 Å². The van der Waals surface area contributed by atoms with E-state index in [2.05, 4.69) is 4.72 Å². The number of rotatable bonds is 4. The number of benzene rings is 1. The minimum atomic E-state index is -3.61. The highest BCUT2D eigenvalue weighted by Gasteiger charge is 2.34. The molecule has 1 fully saturated rings. The van der Waals surface area contributed by atoms with E-state index in [0.717, 1.165) is 31.2 Å². The normalized spacial score (nSPS) is 19.6. The number of anilines is 1. The van der Waals surface area contributed by atoms with Crippen molar-refractivity contribution < 1.29 is 13.2 Å². The third kappa shape index (κ3) is 2.76. The molecule has 0 aromatic heterocycles. The van der Waals surface area contributed by atoms with E-state index in [0.29, 0.717) is 12.2 Å². The summed E-state index contributed by atoms with van der Waals surface area (Å²) in [4.78, 5) is 13.4. The van der Waals surface area contributed by atoms with Crippen molar-refractivity contribution in [1.29, 1.82) is 0 Å². The van der Waals surface area contributed by atoms with Gasteiger partial charge in [-0.1, -0.05) is 6.07 Å². The van der Waals surface area contributed by atoms with Gasteiger partial charge in [-0.3, -0.25) is 4.79 Å². The molecule has 0 saturated heterocycles. The maximum Gasteiger partial charge on any atom is 0.240 e. The van der Waals surface area contributed by atoms with Crippen molar-refractivity contribution in [1.82, 2.24) is 4.72 Å². The molecule has 0 radical (unpaired) electrons. The Balaban J connectivity index is 1.82. The largest absolute Gasteiger partial charge is 0.324 e. The van der Waals surface area contributed by atoms with E-state index >= 15 is 0 Å². The molecule has 0 spiro atoms. The van der Waals surface area contributed by atoms with Gasteiger partial charge in [0.15, 0.2) is 0 Å². The van der Waals surface area contributed by atoms with E-state index in [1.54, 1.807) is 23.1 Å². The van der Waals surface area contributed by atoms with Gasteiger partial charge in [-0.2, -0.15) is 0 Å². The van der Waals surface area contributed by atoms with Crippen LogP contribution in [0.15, 0.2) is 23.1 Å². The maximum absolute atomic E-state index is 12.4. The molecule has 7 heteroatoms. The van der Waals surface area contributed by atoms with E-state index in [1.807, 2.05) is 0 Å². The molecular formula is C15H21N3O3S. The van der Waals surface area contributed by atoms with Crippen molar-refractivity contribution in [3.63, 3.8) is 0 Å². The monoisotopic (exact) mass is 323 g/mol. The summed E-state index contributed by atoms with van der Waals surface area (Å²) in [7, 11) is -3.61. The lowest BCUT2D eigenvalue weighted by Crippen LogP contribution is -2.54. The van der Waals surface area contributed by atoms with Gasteiger partial charge in [0.1, 0.15) is 0 Å². The van der Waals surface area contributed by atoms with E-state index in [-0.39, 0.29) is 17.3 Å². The van der Waals surface area contributed by atoms with Crippen molar-refractivity contribution in [2.45, 2.75) is 43.0 Å². The van der Waals surface area contributed by atoms with Crippen LogP contribution in [0.4, 0.5) is 5.69 Å². The molecule has 1 amide bonds. The van der Waals surface area contributed by atoms with Gasteiger partial charge >= 0.3 is 0 Å². The number of carbonyl (C=O) groups excluding carboxylic acids is 1. The molecule has 1 aliphatic heterocycles. The van der Waals surface area contributed by atoms with Gasteiger partial charge < -0.3 is 10.6 Å². The lowest BCUT2D eigenvalue weighted by Gasteiger charge is -2.38. The summed E-state index contributed by atoms with van der Waals surface area (Å²) in [6.07, 6.45) is 3.49. The van der Waals surface area contributed by atoms with Crippen molar-refractivity contribution in [3.8, 4) is 0 Å². The van der Waals surface area contributed by atoms with Crippen molar-refractivity contribution in [2.24, 2.45) is 5.73 Å². The molecule has 0 bridgehead atoms. The fraction of sp³-hybridized carbons (Fsp3) is 0.533. The van der Waals surface area contributed by atoms with Gasteiger partial charge in [0, 0.05) is 31.2 Å². The van der Waals surface area contributed by atoms with Crippen molar-refractivity contribution >= 4 is 21.6 Å². The Kier molecular flexibility index (Phi) is 3.74. The highest BCUT2D eigenvalue weighted by atomic mass is 32.2. The maximum atomic E-state index is 12.4. The number of sulfonamides is 1. The SMILES string of the molecule is CC(=O)N1CCc2ccc(S(=O)(=O)NCC3(N)CCC3)cc21. The van der Waals surface area contributed by atoms with Crippen molar-refractivity contribution in [3.05, 3.63) is 23.8 Å².